The summed E-state index contributed by atoms with van der Waals surface area (Å²) in [6.07, 6.45) is 3.35. The molecule has 3 heterocycles. The van der Waals surface area contributed by atoms with E-state index < -0.39 is 11.9 Å². The fourth-order valence-electron chi connectivity index (χ4n) is 4.11. The minimum atomic E-state index is -0.697. The van der Waals surface area contributed by atoms with Crippen LogP contribution in [0.1, 0.15) is 38.8 Å². The third-order valence-corrected chi connectivity index (χ3v) is 5.55. The number of hydrogen-bond donors (Lipinski definition) is 2. The van der Waals surface area contributed by atoms with Crippen LogP contribution < -0.4 is 0 Å². The molecular weight excluding hydrogens is 395 g/mol. The summed E-state index contributed by atoms with van der Waals surface area (Å²) in [4.78, 5) is 19.1. The lowest BCUT2D eigenvalue weighted by atomic mass is 9.94. The number of amides is 1. The summed E-state index contributed by atoms with van der Waals surface area (Å²) in [5.41, 5.74) is 3.92. The van der Waals surface area contributed by atoms with Crippen LogP contribution in [-0.4, -0.2) is 31.1 Å². The number of H-pyrrole nitrogens is 1. The second kappa shape index (κ2) is 7.36. The third kappa shape index (κ3) is 3.15. The van der Waals surface area contributed by atoms with Crippen LogP contribution in [0, 0.1) is 12.7 Å². The fourth-order valence-corrected chi connectivity index (χ4v) is 4.11. The summed E-state index contributed by atoms with van der Waals surface area (Å²) >= 11 is 0. The third-order valence-electron chi connectivity index (χ3n) is 5.55. The van der Waals surface area contributed by atoms with E-state index in [1.165, 1.54) is 6.07 Å². The van der Waals surface area contributed by atoms with Gasteiger partial charge in [-0.3, -0.25) is 14.9 Å². The first kappa shape index (κ1) is 19.0. The van der Waals surface area contributed by atoms with Crippen molar-refractivity contribution in [2.75, 3.05) is 0 Å². The highest BCUT2D eigenvalue weighted by atomic mass is 19.1. The molecule has 0 bridgehead atoms. The normalized spacial score (nSPS) is 15.4. The first-order chi connectivity index (χ1) is 15.0. The number of hydrogen-bond acceptors (Lipinski definition) is 4. The molecule has 5 rings (SSSR count). The molecule has 1 amide bonds. The Balaban J connectivity index is 1.70. The van der Waals surface area contributed by atoms with Gasteiger partial charge in [-0.1, -0.05) is 35.9 Å². The number of pyridine rings is 1. The number of nitrogens with zero attached hydrogens (tertiary/aromatic N) is 3. The van der Waals surface area contributed by atoms with Crippen LogP contribution in [0.15, 0.2) is 67.0 Å². The van der Waals surface area contributed by atoms with Gasteiger partial charge in [0.1, 0.15) is 23.0 Å². The van der Waals surface area contributed by atoms with Crippen molar-refractivity contribution in [3.8, 4) is 17.0 Å². The number of aromatic hydroxyl groups is 1. The molecule has 1 aliphatic rings. The Morgan fingerprint density at radius 2 is 2.00 bits per heavy atom. The fraction of sp³-hybridized carbons (Fsp3) is 0.125. The molecule has 7 heteroatoms. The van der Waals surface area contributed by atoms with Gasteiger partial charge in [-0.15, -0.1) is 0 Å². The smallest absolute Gasteiger partial charge is 0.273 e. The molecule has 2 N–H and O–H groups in total. The van der Waals surface area contributed by atoms with Gasteiger partial charge in [0, 0.05) is 35.6 Å². The highest BCUT2D eigenvalue weighted by Gasteiger charge is 2.43. The summed E-state index contributed by atoms with van der Waals surface area (Å²) in [5.74, 6) is -0.645. The van der Waals surface area contributed by atoms with Gasteiger partial charge in [0.2, 0.25) is 0 Å². The number of fused-ring (bicyclic) bond motifs is 1. The maximum absolute atomic E-state index is 14.9. The molecule has 2 aromatic heterocycles. The van der Waals surface area contributed by atoms with E-state index in [0.29, 0.717) is 28.1 Å². The summed E-state index contributed by atoms with van der Waals surface area (Å²) in [6, 6.07) is 14.6. The largest absolute Gasteiger partial charge is 0.507 e. The van der Waals surface area contributed by atoms with E-state index in [1.54, 1.807) is 59.8 Å². The van der Waals surface area contributed by atoms with Crippen LogP contribution in [0.25, 0.3) is 11.3 Å². The molecule has 0 radical (unpaired) electrons. The highest BCUT2D eigenvalue weighted by Crippen LogP contribution is 2.45. The second-order valence-electron chi connectivity index (χ2n) is 7.60. The quantitative estimate of drug-likeness (QED) is 0.520. The number of benzene rings is 2. The molecule has 0 fully saturated rings. The van der Waals surface area contributed by atoms with E-state index in [0.717, 1.165) is 11.1 Å². The standard InChI is InChI=1S/C24H19FN4O2/c1-14-8-9-19(30)17(11-14)21-20-22(28-27-21)24(31)29(13-15-5-4-10-26-12-15)23(20)16-6-2-3-7-18(16)25/h2-12,23,30H,13H2,1H3,(H,27,28). The Morgan fingerprint density at radius 1 is 1.16 bits per heavy atom. The average molecular weight is 414 g/mol. The van der Waals surface area contributed by atoms with Gasteiger partial charge >= 0.3 is 0 Å². The van der Waals surface area contributed by atoms with Gasteiger partial charge in [-0.25, -0.2) is 4.39 Å². The SMILES string of the molecule is Cc1ccc(O)c(-c2n[nH]c3c2C(c2ccccc2F)N(Cc2cccnc2)C3=O)c1. The molecule has 0 saturated carbocycles. The number of halogens is 1. The topological polar surface area (TPSA) is 82.1 Å². The van der Waals surface area contributed by atoms with Gasteiger partial charge in [-0.2, -0.15) is 5.10 Å². The number of rotatable bonds is 4. The Kier molecular flexibility index (Phi) is 4.51. The number of phenolic OH excluding ortho intramolecular Hbond substituents is 1. The van der Waals surface area contributed by atoms with E-state index >= 15 is 0 Å². The summed E-state index contributed by atoms with van der Waals surface area (Å²) < 4.78 is 14.9. The number of phenols is 1. The Hall–Kier alpha value is -4.00. The van der Waals surface area contributed by atoms with Gasteiger partial charge < -0.3 is 10.0 Å². The van der Waals surface area contributed by atoms with Gasteiger partial charge in [0.05, 0.1) is 6.04 Å². The zero-order valence-corrected chi connectivity index (χ0v) is 16.7. The molecule has 6 nitrogen and oxygen atoms in total. The minimum absolute atomic E-state index is 0.0466. The average Bonchev–Trinajstić information content (AvgIpc) is 3.31. The maximum Gasteiger partial charge on any atom is 0.273 e. The number of carbonyl (C=O) groups is 1. The Morgan fingerprint density at radius 3 is 2.77 bits per heavy atom. The monoisotopic (exact) mass is 414 g/mol. The van der Waals surface area contributed by atoms with E-state index in [-0.39, 0.29) is 18.2 Å². The van der Waals surface area contributed by atoms with Gasteiger partial charge in [0.15, 0.2) is 0 Å². The number of aromatic nitrogens is 3. The molecule has 2 aromatic carbocycles. The van der Waals surface area contributed by atoms with Crippen LogP contribution in [0.2, 0.25) is 0 Å². The van der Waals surface area contributed by atoms with Gasteiger partial charge in [0.25, 0.3) is 5.91 Å². The van der Waals surface area contributed by atoms with Crippen molar-refractivity contribution >= 4 is 5.91 Å². The number of aromatic amines is 1. The second-order valence-corrected chi connectivity index (χ2v) is 7.60. The molecule has 0 aliphatic carbocycles. The van der Waals surface area contributed by atoms with Crippen LogP contribution >= 0.6 is 0 Å². The molecular formula is C24H19FN4O2. The van der Waals surface area contributed by atoms with Gasteiger partial charge in [-0.05, 0) is 36.8 Å². The van der Waals surface area contributed by atoms with Crippen molar-refractivity contribution in [2.24, 2.45) is 0 Å². The zero-order chi connectivity index (χ0) is 21.5. The van der Waals surface area contributed by atoms with Crippen molar-refractivity contribution < 1.29 is 14.3 Å². The zero-order valence-electron chi connectivity index (χ0n) is 16.7. The molecule has 31 heavy (non-hydrogen) atoms. The predicted molar refractivity (Wildman–Crippen MR) is 113 cm³/mol. The molecule has 0 spiro atoms. The van der Waals surface area contributed by atoms with Crippen LogP contribution in [-0.2, 0) is 6.54 Å². The van der Waals surface area contributed by atoms with Crippen molar-refractivity contribution in [2.45, 2.75) is 19.5 Å². The minimum Gasteiger partial charge on any atom is -0.507 e. The lowest BCUT2D eigenvalue weighted by molar-refractivity contribution is 0.0728. The summed E-state index contributed by atoms with van der Waals surface area (Å²) in [6.45, 7) is 2.16. The highest BCUT2D eigenvalue weighted by molar-refractivity contribution is 6.00. The van der Waals surface area contributed by atoms with Crippen LogP contribution in [0.3, 0.4) is 0 Å². The summed E-state index contributed by atoms with van der Waals surface area (Å²) in [5, 5.41) is 17.6. The molecule has 1 aliphatic heterocycles. The summed E-state index contributed by atoms with van der Waals surface area (Å²) in [7, 11) is 0. The molecule has 1 atom stereocenters. The lowest BCUT2D eigenvalue weighted by Gasteiger charge is -2.26. The van der Waals surface area contributed by atoms with E-state index in [4.69, 9.17) is 0 Å². The lowest BCUT2D eigenvalue weighted by Crippen LogP contribution is -2.29. The Labute approximate surface area is 178 Å². The van der Waals surface area contributed by atoms with Crippen molar-refractivity contribution in [1.82, 2.24) is 20.1 Å². The number of aryl methyl sites for hydroxylation is 1. The van der Waals surface area contributed by atoms with Crippen molar-refractivity contribution in [1.29, 1.82) is 0 Å². The molecule has 0 saturated heterocycles. The van der Waals surface area contributed by atoms with Crippen LogP contribution in [0.5, 0.6) is 5.75 Å². The maximum atomic E-state index is 14.9. The van der Waals surface area contributed by atoms with E-state index in [9.17, 15) is 14.3 Å². The van der Waals surface area contributed by atoms with Crippen molar-refractivity contribution in [3.05, 3.63) is 101 Å². The van der Waals surface area contributed by atoms with E-state index in [1.807, 2.05) is 13.0 Å². The molecule has 154 valence electrons. The van der Waals surface area contributed by atoms with Crippen molar-refractivity contribution in [3.63, 3.8) is 0 Å². The first-order valence-electron chi connectivity index (χ1n) is 9.87. The number of nitrogens with one attached hydrogen (secondary N) is 1. The Bertz CT molecular complexity index is 1290. The predicted octanol–water partition coefficient (Wildman–Crippen LogP) is 4.37. The molecule has 1 unspecified atom stereocenters. The first-order valence-corrected chi connectivity index (χ1v) is 9.87. The number of carbonyl (C=O) groups excluding carboxylic acids is 1. The van der Waals surface area contributed by atoms with E-state index in [2.05, 4.69) is 15.2 Å². The molecule has 4 aromatic rings. The van der Waals surface area contributed by atoms with Crippen LogP contribution in [0.4, 0.5) is 4.39 Å².